The van der Waals surface area contributed by atoms with E-state index in [1.165, 1.54) is 30.4 Å². The van der Waals surface area contributed by atoms with Crippen LogP contribution in [0.3, 0.4) is 0 Å². The summed E-state index contributed by atoms with van der Waals surface area (Å²) in [5.41, 5.74) is 3.59. The molecule has 0 aliphatic rings. The Balaban J connectivity index is 2.43. The Hall–Kier alpha value is -1.31. The molecule has 1 aromatic rings. The number of unbranched alkanes of at least 4 members (excludes halogenated alkanes) is 1. The Bertz CT molecular complexity index is 425. The molecule has 112 valence electrons. The van der Waals surface area contributed by atoms with E-state index in [0.29, 0.717) is 12.3 Å². The van der Waals surface area contributed by atoms with Crippen molar-refractivity contribution in [3.63, 3.8) is 0 Å². The maximum atomic E-state index is 12.0. The van der Waals surface area contributed by atoms with Crippen LogP contribution in [-0.4, -0.2) is 12.5 Å². The van der Waals surface area contributed by atoms with E-state index in [1.807, 2.05) is 0 Å². The highest BCUT2D eigenvalue weighted by molar-refractivity contribution is 5.78. The summed E-state index contributed by atoms with van der Waals surface area (Å²) in [6.45, 7) is 9.39. The Kier molecular flexibility index (Phi) is 7.35. The number of rotatable bonds is 8. The van der Waals surface area contributed by atoms with Gasteiger partial charge in [-0.2, -0.15) is 0 Å². The quantitative estimate of drug-likeness (QED) is 0.757. The molecular weight excluding hydrogens is 246 g/mol. The van der Waals surface area contributed by atoms with Gasteiger partial charge in [0, 0.05) is 6.54 Å². The number of nitrogens with one attached hydrogen (secondary N) is 1. The zero-order valence-corrected chi connectivity index (χ0v) is 13.5. The van der Waals surface area contributed by atoms with Gasteiger partial charge in [-0.1, -0.05) is 56.9 Å². The molecule has 1 N–H and O–H groups in total. The summed E-state index contributed by atoms with van der Waals surface area (Å²) in [4.78, 5) is 12.0. The molecule has 0 unspecified atom stereocenters. The van der Waals surface area contributed by atoms with Crippen LogP contribution in [0.25, 0.3) is 0 Å². The molecule has 20 heavy (non-hydrogen) atoms. The van der Waals surface area contributed by atoms with E-state index in [0.717, 1.165) is 18.5 Å². The van der Waals surface area contributed by atoms with Crippen molar-refractivity contribution in [3.8, 4) is 0 Å². The Morgan fingerprint density at radius 2 is 2.00 bits per heavy atom. The Morgan fingerprint density at radius 1 is 1.25 bits per heavy atom. The monoisotopic (exact) mass is 275 g/mol. The summed E-state index contributed by atoms with van der Waals surface area (Å²) >= 11 is 0. The van der Waals surface area contributed by atoms with Gasteiger partial charge in [-0.15, -0.1) is 0 Å². The molecule has 0 heterocycles. The van der Waals surface area contributed by atoms with E-state index >= 15 is 0 Å². The fraction of sp³-hybridized carbons (Fsp3) is 0.611. The van der Waals surface area contributed by atoms with Crippen LogP contribution < -0.4 is 5.32 Å². The fourth-order valence-corrected chi connectivity index (χ4v) is 2.48. The molecule has 0 saturated carbocycles. The highest BCUT2D eigenvalue weighted by Gasteiger charge is 2.10. The predicted octanol–water partition coefficient (Wildman–Crippen LogP) is 4.18. The van der Waals surface area contributed by atoms with E-state index in [1.54, 1.807) is 0 Å². The van der Waals surface area contributed by atoms with Crippen LogP contribution in [0.2, 0.25) is 0 Å². The topological polar surface area (TPSA) is 29.1 Å². The van der Waals surface area contributed by atoms with Gasteiger partial charge in [-0.25, -0.2) is 0 Å². The van der Waals surface area contributed by atoms with Crippen molar-refractivity contribution in [2.45, 2.75) is 59.8 Å². The zero-order chi connectivity index (χ0) is 15.0. The van der Waals surface area contributed by atoms with Gasteiger partial charge in [-0.05, 0) is 37.3 Å². The molecule has 0 spiro atoms. The minimum absolute atomic E-state index is 0.145. The second kappa shape index (κ2) is 8.78. The molecular formula is C18H29NO. The minimum Gasteiger partial charge on any atom is -0.356 e. The van der Waals surface area contributed by atoms with Gasteiger partial charge in [0.2, 0.25) is 5.91 Å². The SMILES string of the molecule is CCCC[C@@H](CC)CNC(=O)Cc1ccc(C)cc1C. The molecule has 1 amide bonds. The number of benzene rings is 1. The lowest BCUT2D eigenvalue weighted by Crippen LogP contribution is -2.30. The van der Waals surface area contributed by atoms with Crippen molar-refractivity contribution in [3.05, 3.63) is 34.9 Å². The van der Waals surface area contributed by atoms with E-state index in [2.05, 4.69) is 51.2 Å². The molecule has 2 heteroatoms. The molecule has 0 aromatic heterocycles. The van der Waals surface area contributed by atoms with Crippen LogP contribution in [0.1, 0.15) is 56.2 Å². The first-order chi connectivity index (χ1) is 9.56. The molecule has 0 aliphatic heterocycles. The zero-order valence-electron chi connectivity index (χ0n) is 13.5. The van der Waals surface area contributed by atoms with Crippen LogP contribution in [0.5, 0.6) is 0 Å². The van der Waals surface area contributed by atoms with Gasteiger partial charge in [0.05, 0.1) is 6.42 Å². The van der Waals surface area contributed by atoms with E-state index < -0.39 is 0 Å². The fourth-order valence-electron chi connectivity index (χ4n) is 2.48. The van der Waals surface area contributed by atoms with Gasteiger partial charge >= 0.3 is 0 Å². The lowest BCUT2D eigenvalue weighted by atomic mass is 9.99. The number of carbonyl (C=O) groups excluding carboxylic acids is 1. The van der Waals surface area contributed by atoms with Gasteiger partial charge in [0.25, 0.3) is 0 Å². The average molecular weight is 275 g/mol. The second-order valence-corrected chi connectivity index (χ2v) is 5.83. The van der Waals surface area contributed by atoms with Crippen LogP contribution in [0, 0.1) is 19.8 Å². The van der Waals surface area contributed by atoms with Crippen molar-refractivity contribution < 1.29 is 4.79 Å². The first kappa shape index (κ1) is 16.7. The van der Waals surface area contributed by atoms with Crippen molar-refractivity contribution in [2.24, 2.45) is 5.92 Å². The second-order valence-electron chi connectivity index (χ2n) is 5.83. The normalized spacial score (nSPS) is 12.2. The number of carbonyl (C=O) groups is 1. The number of hydrogen-bond donors (Lipinski definition) is 1. The smallest absolute Gasteiger partial charge is 0.224 e. The molecule has 0 fully saturated rings. The third-order valence-electron chi connectivity index (χ3n) is 3.98. The van der Waals surface area contributed by atoms with Crippen molar-refractivity contribution in [1.29, 1.82) is 0 Å². The Morgan fingerprint density at radius 3 is 2.60 bits per heavy atom. The standard InChI is InChI=1S/C18H29NO/c1-5-7-8-16(6-2)13-19-18(20)12-17-10-9-14(3)11-15(17)4/h9-11,16H,5-8,12-13H2,1-4H3,(H,19,20)/t16-/m1/s1. The summed E-state index contributed by atoms with van der Waals surface area (Å²) in [6, 6.07) is 6.28. The molecule has 1 atom stereocenters. The lowest BCUT2D eigenvalue weighted by molar-refractivity contribution is -0.120. The predicted molar refractivity (Wildman–Crippen MR) is 85.9 cm³/mol. The molecule has 2 nitrogen and oxygen atoms in total. The highest BCUT2D eigenvalue weighted by Crippen LogP contribution is 2.13. The number of aryl methyl sites for hydroxylation is 2. The van der Waals surface area contributed by atoms with Gasteiger partial charge < -0.3 is 5.32 Å². The maximum Gasteiger partial charge on any atom is 0.224 e. The molecule has 1 aromatic carbocycles. The van der Waals surface area contributed by atoms with Crippen molar-refractivity contribution in [2.75, 3.05) is 6.54 Å². The van der Waals surface area contributed by atoms with Crippen LogP contribution in [0.15, 0.2) is 18.2 Å². The number of amides is 1. The first-order valence-electron chi connectivity index (χ1n) is 7.89. The summed E-state index contributed by atoms with van der Waals surface area (Å²) < 4.78 is 0. The molecule has 0 saturated heterocycles. The summed E-state index contributed by atoms with van der Waals surface area (Å²) in [6.07, 6.45) is 5.34. The largest absolute Gasteiger partial charge is 0.356 e. The summed E-state index contributed by atoms with van der Waals surface area (Å²) in [7, 11) is 0. The summed E-state index contributed by atoms with van der Waals surface area (Å²) in [5.74, 6) is 0.768. The van der Waals surface area contributed by atoms with Gasteiger partial charge in [0.1, 0.15) is 0 Å². The van der Waals surface area contributed by atoms with Gasteiger partial charge in [-0.3, -0.25) is 4.79 Å². The minimum atomic E-state index is 0.145. The first-order valence-corrected chi connectivity index (χ1v) is 7.89. The van der Waals surface area contributed by atoms with Crippen molar-refractivity contribution in [1.82, 2.24) is 5.32 Å². The maximum absolute atomic E-state index is 12.0. The van der Waals surface area contributed by atoms with Gasteiger partial charge in [0.15, 0.2) is 0 Å². The van der Waals surface area contributed by atoms with E-state index in [4.69, 9.17) is 0 Å². The third kappa shape index (κ3) is 5.77. The Labute approximate surface area is 124 Å². The third-order valence-corrected chi connectivity index (χ3v) is 3.98. The van der Waals surface area contributed by atoms with Crippen LogP contribution >= 0.6 is 0 Å². The molecule has 0 aliphatic carbocycles. The van der Waals surface area contributed by atoms with E-state index in [9.17, 15) is 4.79 Å². The van der Waals surface area contributed by atoms with Crippen LogP contribution in [0.4, 0.5) is 0 Å². The summed E-state index contributed by atoms with van der Waals surface area (Å²) in [5, 5.41) is 3.09. The molecule has 1 rings (SSSR count). The average Bonchev–Trinajstić information content (AvgIpc) is 2.42. The molecule has 0 radical (unpaired) electrons. The molecule has 0 bridgehead atoms. The van der Waals surface area contributed by atoms with E-state index in [-0.39, 0.29) is 5.91 Å². The van der Waals surface area contributed by atoms with Crippen molar-refractivity contribution >= 4 is 5.91 Å². The lowest BCUT2D eigenvalue weighted by Gasteiger charge is -2.15. The highest BCUT2D eigenvalue weighted by atomic mass is 16.1. The number of hydrogen-bond acceptors (Lipinski definition) is 1. The van der Waals surface area contributed by atoms with Crippen LogP contribution in [-0.2, 0) is 11.2 Å².